The van der Waals surface area contributed by atoms with Gasteiger partial charge in [-0.3, -0.25) is 4.79 Å². The summed E-state index contributed by atoms with van der Waals surface area (Å²) in [6.07, 6.45) is -2.22. The Hall–Kier alpha value is -1.04. The molecule has 1 saturated heterocycles. The van der Waals surface area contributed by atoms with Crippen LogP contribution in [-0.4, -0.2) is 29.2 Å². The van der Waals surface area contributed by atoms with E-state index in [0.29, 0.717) is 11.5 Å². The molecule has 21 heavy (non-hydrogen) atoms. The monoisotopic (exact) mass is 363 g/mol. The lowest BCUT2D eigenvalue weighted by Gasteiger charge is -2.31. The lowest BCUT2D eigenvalue weighted by molar-refractivity contribution is -0.137. The Labute approximate surface area is 130 Å². The van der Waals surface area contributed by atoms with E-state index in [1.165, 1.54) is 12.1 Å². The highest BCUT2D eigenvalue weighted by Crippen LogP contribution is 2.29. The van der Waals surface area contributed by atoms with E-state index in [-0.39, 0.29) is 12.3 Å². The molecule has 0 aromatic heterocycles. The molecule has 0 unspecified atom stereocenters. The number of carbonyl (C=O) groups excluding carboxylic acids is 1. The van der Waals surface area contributed by atoms with Crippen LogP contribution < -0.4 is 0 Å². The summed E-state index contributed by atoms with van der Waals surface area (Å²) in [7, 11) is 0. The second-order valence-corrected chi connectivity index (χ2v) is 6.00. The first kappa shape index (κ1) is 16.3. The second kappa shape index (κ2) is 6.81. The van der Waals surface area contributed by atoms with Gasteiger partial charge in [-0.1, -0.05) is 28.1 Å². The molecule has 0 atom stereocenters. The largest absolute Gasteiger partial charge is 0.416 e. The predicted molar refractivity (Wildman–Crippen MR) is 78.2 cm³/mol. The molecule has 0 spiro atoms. The van der Waals surface area contributed by atoms with Gasteiger partial charge in [0.15, 0.2) is 0 Å². The second-order valence-electron chi connectivity index (χ2n) is 5.35. The number of hydrogen-bond acceptors (Lipinski definition) is 1. The molecule has 0 N–H and O–H groups in total. The molecule has 0 bridgehead atoms. The molecule has 0 saturated carbocycles. The number of benzene rings is 1. The zero-order valence-corrected chi connectivity index (χ0v) is 13.1. The van der Waals surface area contributed by atoms with E-state index < -0.39 is 11.7 Å². The quantitative estimate of drug-likeness (QED) is 0.746. The van der Waals surface area contributed by atoms with Crippen LogP contribution in [0.15, 0.2) is 24.3 Å². The molecule has 0 aliphatic carbocycles. The lowest BCUT2D eigenvalue weighted by atomic mass is 9.98. The number of rotatable bonds is 3. The van der Waals surface area contributed by atoms with Crippen LogP contribution in [0.1, 0.15) is 24.0 Å². The van der Waals surface area contributed by atoms with Crippen LogP contribution in [0.5, 0.6) is 0 Å². The molecular weight excluding hydrogens is 347 g/mol. The minimum absolute atomic E-state index is 0.0113. The number of piperidine rings is 1. The Morgan fingerprint density at radius 1 is 1.19 bits per heavy atom. The van der Waals surface area contributed by atoms with Gasteiger partial charge < -0.3 is 4.90 Å². The predicted octanol–water partition coefficient (Wildman–Crippen LogP) is 3.88. The summed E-state index contributed by atoms with van der Waals surface area (Å²) in [4.78, 5) is 13.9. The fourth-order valence-electron chi connectivity index (χ4n) is 2.43. The Bertz CT molecular complexity index is 479. The molecule has 0 radical (unpaired) electrons. The molecular formula is C15H17BrF3NO. The van der Waals surface area contributed by atoms with Gasteiger partial charge in [0.05, 0.1) is 12.0 Å². The van der Waals surface area contributed by atoms with Gasteiger partial charge in [-0.25, -0.2) is 0 Å². The zero-order valence-electron chi connectivity index (χ0n) is 11.5. The van der Waals surface area contributed by atoms with Gasteiger partial charge in [-0.2, -0.15) is 13.2 Å². The van der Waals surface area contributed by atoms with Crippen molar-refractivity contribution in [2.24, 2.45) is 5.92 Å². The smallest absolute Gasteiger partial charge is 0.342 e. The number of nitrogens with zero attached hydrogens (tertiary/aromatic N) is 1. The van der Waals surface area contributed by atoms with Crippen LogP contribution in [0.25, 0.3) is 0 Å². The van der Waals surface area contributed by atoms with Crippen molar-refractivity contribution in [1.29, 1.82) is 0 Å². The van der Waals surface area contributed by atoms with Crippen molar-refractivity contribution in [1.82, 2.24) is 4.90 Å². The Balaban J connectivity index is 1.91. The normalized spacial score (nSPS) is 17.0. The van der Waals surface area contributed by atoms with Crippen molar-refractivity contribution in [3.63, 3.8) is 0 Å². The number of amides is 1. The zero-order chi connectivity index (χ0) is 15.5. The molecule has 116 valence electrons. The first-order chi connectivity index (χ1) is 9.90. The minimum Gasteiger partial charge on any atom is -0.342 e. The molecule has 1 aromatic carbocycles. The van der Waals surface area contributed by atoms with Crippen LogP contribution in [0.4, 0.5) is 13.2 Å². The van der Waals surface area contributed by atoms with Gasteiger partial charge in [-0.15, -0.1) is 0 Å². The standard InChI is InChI=1S/C15H17BrF3NO/c16-10-12-5-7-20(8-6-12)14(21)9-11-1-3-13(4-2-11)15(17,18)19/h1-4,12H,5-10H2. The van der Waals surface area contributed by atoms with E-state index in [4.69, 9.17) is 0 Å². The van der Waals surface area contributed by atoms with Crippen molar-refractivity contribution >= 4 is 21.8 Å². The van der Waals surface area contributed by atoms with Gasteiger partial charge in [0.1, 0.15) is 0 Å². The number of carbonyl (C=O) groups is 1. The summed E-state index contributed by atoms with van der Waals surface area (Å²) in [5, 5.41) is 0.952. The van der Waals surface area contributed by atoms with Gasteiger partial charge in [0.2, 0.25) is 5.91 Å². The molecule has 1 heterocycles. The highest BCUT2D eigenvalue weighted by Gasteiger charge is 2.30. The van der Waals surface area contributed by atoms with E-state index >= 15 is 0 Å². The highest BCUT2D eigenvalue weighted by atomic mass is 79.9. The average molecular weight is 364 g/mol. The third-order valence-corrected chi connectivity index (χ3v) is 4.74. The fraction of sp³-hybridized carbons (Fsp3) is 0.533. The lowest BCUT2D eigenvalue weighted by Crippen LogP contribution is -2.39. The number of hydrogen-bond donors (Lipinski definition) is 0. The Kier molecular flexibility index (Phi) is 5.30. The maximum atomic E-state index is 12.5. The molecule has 6 heteroatoms. The van der Waals surface area contributed by atoms with Crippen LogP contribution in [-0.2, 0) is 17.4 Å². The van der Waals surface area contributed by atoms with E-state index in [1.807, 2.05) is 0 Å². The molecule has 1 aliphatic rings. The summed E-state index contributed by atoms with van der Waals surface area (Å²) in [5.41, 5.74) is -0.0625. The summed E-state index contributed by atoms with van der Waals surface area (Å²) in [6.45, 7) is 1.46. The van der Waals surface area contributed by atoms with Crippen LogP contribution in [0, 0.1) is 5.92 Å². The van der Waals surface area contributed by atoms with E-state index in [0.717, 1.165) is 43.4 Å². The van der Waals surface area contributed by atoms with Gasteiger partial charge in [0, 0.05) is 18.4 Å². The third kappa shape index (κ3) is 4.46. The van der Waals surface area contributed by atoms with Gasteiger partial charge >= 0.3 is 6.18 Å². The van der Waals surface area contributed by atoms with Crippen molar-refractivity contribution in [2.45, 2.75) is 25.4 Å². The van der Waals surface area contributed by atoms with Gasteiger partial charge in [-0.05, 0) is 36.5 Å². The fourth-order valence-corrected chi connectivity index (χ4v) is 3.08. The number of likely N-dealkylation sites (tertiary alicyclic amines) is 1. The summed E-state index contributed by atoms with van der Waals surface area (Å²) >= 11 is 3.45. The summed E-state index contributed by atoms with van der Waals surface area (Å²) in [6, 6.07) is 4.82. The average Bonchev–Trinajstić information content (AvgIpc) is 2.47. The third-order valence-electron chi connectivity index (χ3n) is 3.82. The van der Waals surface area contributed by atoms with E-state index in [9.17, 15) is 18.0 Å². The van der Waals surface area contributed by atoms with Crippen LogP contribution >= 0.6 is 15.9 Å². The molecule has 1 aromatic rings. The molecule has 1 amide bonds. The molecule has 2 nitrogen and oxygen atoms in total. The van der Waals surface area contributed by atoms with E-state index in [2.05, 4.69) is 15.9 Å². The Morgan fingerprint density at radius 2 is 1.76 bits per heavy atom. The highest BCUT2D eigenvalue weighted by molar-refractivity contribution is 9.09. The first-order valence-electron chi connectivity index (χ1n) is 6.90. The minimum atomic E-state index is -4.33. The van der Waals surface area contributed by atoms with E-state index in [1.54, 1.807) is 4.90 Å². The SMILES string of the molecule is O=C(Cc1ccc(C(F)(F)F)cc1)N1CCC(CBr)CC1. The van der Waals surface area contributed by atoms with Crippen molar-refractivity contribution in [2.75, 3.05) is 18.4 Å². The van der Waals surface area contributed by atoms with Crippen LogP contribution in [0.2, 0.25) is 0 Å². The Morgan fingerprint density at radius 3 is 2.24 bits per heavy atom. The first-order valence-corrected chi connectivity index (χ1v) is 8.02. The maximum absolute atomic E-state index is 12.5. The molecule has 1 fully saturated rings. The topological polar surface area (TPSA) is 20.3 Å². The summed E-state index contributed by atoms with van der Waals surface area (Å²) in [5.74, 6) is 0.600. The summed E-state index contributed by atoms with van der Waals surface area (Å²) < 4.78 is 37.4. The number of alkyl halides is 4. The van der Waals surface area contributed by atoms with Crippen molar-refractivity contribution in [3.8, 4) is 0 Å². The molecule has 1 aliphatic heterocycles. The van der Waals surface area contributed by atoms with Crippen molar-refractivity contribution in [3.05, 3.63) is 35.4 Å². The van der Waals surface area contributed by atoms with Gasteiger partial charge in [0.25, 0.3) is 0 Å². The van der Waals surface area contributed by atoms with Crippen molar-refractivity contribution < 1.29 is 18.0 Å². The maximum Gasteiger partial charge on any atom is 0.416 e. The van der Waals surface area contributed by atoms with Crippen LogP contribution in [0.3, 0.4) is 0 Å². The number of halogens is 4. The molecule has 2 rings (SSSR count).